The van der Waals surface area contributed by atoms with E-state index in [0.717, 1.165) is 18.4 Å². The number of aromatic hydroxyl groups is 1. The molecule has 3 aliphatic rings. The van der Waals surface area contributed by atoms with Crippen LogP contribution in [-0.2, 0) is 9.59 Å². The van der Waals surface area contributed by atoms with Gasteiger partial charge in [0.05, 0.1) is 5.56 Å². The number of hydrogen-bond acceptors (Lipinski definition) is 4. The van der Waals surface area contributed by atoms with Crippen molar-refractivity contribution < 1.29 is 24.6 Å². The summed E-state index contributed by atoms with van der Waals surface area (Å²) in [4.78, 5) is 40.4. The summed E-state index contributed by atoms with van der Waals surface area (Å²) >= 11 is 0. The Labute approximate surface area is 163 Å². The van der Waals surface area contributed by atoms with Crippen molar-refractivity contribution in [3.05, 3.63) is 29.3 Å². The maximum absolute atomic E-state index is 12.8. The molecule has 1 aliphatic carbocycles. The molecule has 1 spiro atoms. The number of aryl methyl sites for hydroxylation is 1. The number of nitrogens with zero attached hydrogens (tertiary/aromatic N) is 2. The number of piperidine rings is 1. The molecule has 0 unspecified atom stereocenters. The van der Waals surface area contributed by atoms with E-state index in [-0.39, 0.29) is 28.9 Å². The fourth-order valence-corrected chi connectivity index (χ4v) is 4.61. The van der Waals surface area contributed by atoms with E-state index in [1.54, 1.807) is 21.9 Å². The van der Waals surface area contributed by atoms with E-state index < -0.39 is 12.0 Å². The van der Waals surface area contributed by atoms with E-state index >= 15 is 0 Å². The van der Waals surface area contributed by atoms with Gasteiger partial charge in [0.1, 0.15) is 11.8 Å². The monoisotopic (exact) mass is 386 g/mol. The van der Waals surface area contributed by atoms with Crippen LogP contribution in [0.2, 0.25) is 0 Å². The first-order valence-corrected chi connectivity index (χ1v) is 9.92. The van der Waals surface area contributed by atoms with Crippen LogP contribution in [0.1, 0.15) is 48.0 Å². The summed E-state index contributed by atoms with van der Waals surface area (Å²) in [6.07, 6.45) is 3.51. The van der Waals surface area contributed by atoms with Crippen LogP contribution in [0.25, 0.3) is 0 Å². The Morgan fingerprint density at radius 1 is 1.14 bits per heavy atom. The fourth-order valence-electron chi connectivity index (χ4n) is 4.61. The van der Waals surface area contributed by atoms with Crippen molar-refractivity contribution in [2.45, 2.75) is 45.1 Å². The SMILES string of the molecule is Cc1ccc(O)c(C(=O)N2CCC3(CC2)C[C@@H](C(=O)O)N(C(=O)C2CC2)C3)c1. The smallest absolute Gasteiger partial charge is 0.326 e. The molecule has 2 N–H and O–H groups in total. The minimum atomic E-state index is -0.936. The van der Waals surface area contributed by atoms with E-state index in [0.29, 0.717) is 44.5 Å². The third kappa shape index (κ3) is 3.34. The van der Waals surface area contributed by atoms with Gasteiger partial charge >= 0.3 is 5.97 Å². The molecular weight excluding hydrogens is 360 g/mol. The summed E-state index contributed by atoms with van der Waals surface area (Å²) in [7, 11) is 0. The average Bonchev–Trinajstić information content (AvgIpc) is 3.45. The second-order valence-corrected chi connectivity index (χ2v) is 8.61. The molecule has 2 heterocycles. The Balaban J connectivity index is 1.45. The molecule has 2 amide bonds. The highest BCUT2D eigenvalue weighted by molar-refractivity contribution is 5.97. The second kappa shape index (κ2) is 6.79. The summed E-state index contributed by atoms with van der Waals surface area (Å²) in [5.74, 6) is -1.18. The van der Waals surface area contributed by atoms with Gasteiger partial charge < -0.3 is 20.0 Å². The predicted octanol–water partition coefficient (Wildman–Crippen LogP) is 2.02. The first-order chi connectivity index (χ1) is 13.3. The third-order valence-electron chi connectivity index (χ3n) is 6.50. The number of carbonyl (C=O) groups excluding carboxylic acids is 2. The molecule has 7 nitrogen and oxygen atoms in total. The second-order valence-electron chi connectivity index (χ2n) is 8.61. The van der Waals surface area contributed by atoms with Gasteiger partial charge in [0.15, 0.2) is 0 Å². The number of amides is 2. The highest BCUT2D eigenvalue weighted by Crippen LogP contribution is 2.45. The zero-order valence-electron chi connectivity index (χ0n) is 16.1. The van der Waals surface area contributed by atoms with Gasteiger partial charge in [-0.1, -0.05) is 11.6 Å². The largest absolute Gasteiger partial charge is 0.507 e. The van der Waals surface area contributed by atoms with Crippen LogP contribution in [0, 0.1) is 18.3 Å². The van der Waals surface area contributed by atoms with E-state index in [1.807, 2.05) is 6.92 Å². The highest BCUT2D eigenvalue weighted by Gasteiger charge is 2.52. The molecule has 1 saturated carbocycles. The van der Waals surface area contributed by atoms with Crippen molar-refractivity contribution in [3.63, 3.8) is 0 Å². The number of aliphatic carboxylic acids is 1. The minimum Gasteiger partial charge on any atom is -0.507 e. The molecule has 150 valence electrons. The van der Waals surface area contributed by atoms with Gasteiger partial charge in [-0.2, -0.15) is 0 Å². The van der Waals surface area contributed by atoms with Crippen LogP contribution in [-0.4, -0.2) is 63.5 Å². The zero-order chi connectivity index (χ0) is 20.1. The van der Waals surface area contributed by atoms with Crippen molar-refractivity contribution in [2.75, 3.05) is 19.6 Å². The third-order valence-corrected chi connectivity index (χ3v) is 6.50. The van der Waals surface area contributed by atoms with E-state index in [1.165, 1.54) is 6.07 Å². The number of benzene rings is 1. The van der Waals surface area contributed by atoms with Crippen LogP contribution < -0.4 is 0 Å². The molecular formula is C21H26N2O5. The van der Waals surface area contributed by atoms with Gasteiger partial charge in [-0.05, 0) is 56.6 Å². The fraction of sp³-hybridized carbons (Fsp3) is 0.571. The summed E-state index contributed by atoms with van der Waals surface area (Å²) in [5.41, 5.74) is 0.972. The molecule has 1 atom stereocenters. The van der Waals surface area contributed by atoms with E-state index in [9.17, 15) is 24.6 Å². The molecule has 2 aliphatic heterocycles. The molecule has 3 fully saturated rings. The van der Waals surface area contributed by atoms with Crippen molar-refractivity contribution in [2.24, 2.45) is 11.3 Å². The Bertz CT molecular complexity index is 824. The Morgan fingerprint density at radius 2 is 1.82 bits per heavy atom. The van der Waals surface area contributed by atoms with Gasteiger partial charge in [0, 0.05) is 25.6 Å². The minimum absolute atomic E-state index is 0.00274. The molecule has 1 aromatic rings. The topological polar surface area (TPSA) is 98.2 Å². The number of hydrogen-bond donors (Lipinski definition) is 2. The maximum Gasteiger partial charge on any atom is 0.326 e. The van der Waals surface area contributed by atoms with Crippen LogP contribution in [0.15, 0.2) is 18.2 Å². The summed E-state index contributed by atoms with van der Waals surface area (Å²) < 4.78 is 0. The molecule has 4 rings (SSSR count). The first kappa shape index (κ1) is 18.8. The Hall–Kier alpha value is -2.57. The average molecular weight is 386 g/mol. The van der Waals surface area contributed by atoms with Crippen LogP contribution in [0.5, 0.6) is 5.75 Å². The molecule has 0 aromatic heterocycles. The summed E-state index contributed by atoms with van der Waals surface area (Å²) in [5, 5.41) is 19.6. The molecule has 0 radical (unpaired) electrons. The maximum atomic E-state index is 12.8. The Morgan fingerprint density at radius 3 is 2.43 bits per heavy atom. The number of phenols is 1. The van der Waals surface area contributed by atoms with Crippen molar-refractivity contribution >= 4 is 17.8 Å². The number of rotatable bonds is 3. The van der Waals surface area contributed by atoms with Gasteiger partial charge in [-0.15, -0.1) is 0 Å². The van der Waals surface area contributed by atoms with Gasteiger partial charge in [0.2, 0.25) is 5.91 Å². The number of carbonyl (C=O) groups is 3. The lowest BCUT2D eigenvalue weighted by Gasteiger charge is -2.39. The quantitative estimate of drug-likeness (QED) is 0.828. The summed E-state index contributed by atoms with van der Waals surface area (Å²) in [6, 6.07) is 4.22. The van der Waals surface area contributed by atoms with Gasteiger partial charge in [-0.25, -0.2) is 4.79 Å². The normalized spacial score (nSPS) is 23.8. The van der Waals surface area contributed by atoms with Crippen LogP contribution in [0.3, 0.4) is 0 Å². The lowest BCUT2D eigenvalue weighted by atomic mass is 9.76. The number of likely N-dealkylation sites (tertiary alicyclic amines) is 2. The van der Waals surface area contributed by atoms with Crippen LogP contribution in [0.4, 0.5) is 0 Å². The van der Waals surface area contributed by atoms with E-state index in [2.05, 4.69) is 0 Å². The van der Waals surface area contributed by atoms with Crippen molar-refractivity contribution in [1.82, 2.24) is 9.80 Å². The first-order valence-electron chi connectivity index (χ1n) is 9.92. The lowest BCUT2D eigenvalue weighted by molar-refractivity contribution is -0.148. The lowest BCUT2D eigenvalue weighted by Crippen LogP contribution is -2.45. The number of phenolic OH excluding ortho intramolecular Hbond substituents is 1. The number of carboxylic acids is 1. The molecule has 28 heavy (non-hydrogen) atoms. The van der Waals surface area contributed by atoms with E-state index in [4.69, 9.17) is 0 Å². The number of carboxylic acid groups (broad SMARTS) is 1. The molecule has 1 aromatic carbocycles. The molecule has 0 bridgehead atoms. The Kier molecular flexibility index (Phi) is 4.56. The highest BCUT2D eigenvalue weighted by atomic mass is 16.4. The van der Waals surface area contributed by atoms with Crippen LogP contribution >= 0.6 is 0 Å². The van der Waals surface area contributed by atoms with Crippen molar-refractivity contribution in [1.29, 1.82) is 0 Å². The molecule has 7 heteroatoms. The zero-order valence-corrected chi connectivity index (χ0v) is 16.1. The standard InChI is InChI=1S/C21H26N2O5/c1-13-2-5-17(24)15(10-13)19(26)22-8-6-21(7-9-22)11-16(20(27)28)23(12-21)18(25)14-3-4-14/h2,5,10,14,16,24H,3-4,6-9,11-12H2,1H3,(H,27,28)/t16-/m0/s1. The predicted molar refractivity (Wildman–Crippen MR) is 101 cm³/mol. The molecule has 2 saturated heterocycles. The summed E-state index contributed by atoms with van der Waals surface area (Å²) in [6.45, 7) is 3.35. The van der Waals surface area contributed by atoms with Crippen molar-refractivity contribution in [3.8, 4) is 5.75 Å². The van der Waals surface area contributed by atoms with Gasteiger partial charge in [-0.3, -0.25) is 9.59 Å². The van der Waals surface area contributed by atoms with Gasteiger partial charge in [0.25, 0.3) is 5.91 Å².